The van der Waals surface area contributed by atoms with Gasteiger partial charge in [0.2, 0.25) is 0 Å². The Hall–Kier alpha value is -0.420. The number of carbonyl (C=O) groups is 1. The van der Waals surface area contributed by atoms with Gasteiger partial charge in [-0.2, -0.15) is 0 Å². The highest BCUT2D eigenvalue weighted by molar-refractivity contribution is 7.52. The molecule has 2 atom stereocenters. The maximum absolute atomic E-state index is 10.8. The van der Waals surface area contributed by atoms with Gasteiger partial charge in [0.15, 0.2) is 0 Å². The average molecular weight is 197 g/mol. The first kappa shape index (κ1) is 11.6. The summed E-state index contributed by atoms with van der Waals surface area (Å²) in [5.74, 6) is -1.19. The van der Waals surface area contributed by atoms with Crippen molar-refractivity contribution in [3.8, 4) is 0 Å². The molecule has 0 aliphatic carbocycles. The number of rotatable bonds is 5. The number of carboxylic acids is 1. The van der Waals surface area contributed by atoms with E-state index in [9.17, 15) is 9.36 Å². The summed E-state index contributed by atoms with van der Waals surface area (Å²) in [4.78, 5) is 19.0. The predicted molar refractivity (Wildman–Crippen MR) is 41.9 cm³/mol. The molecule has 0 fully saturated rings. The molecule has 0 aromatic heterocycles. The summed E-state index contributed by atoms with van der Waals surface area (Å²) < 4.78 is 15.0. The van der Waals surface area contributed by atoms with E-state index in [0.717, 1.165) is 7.11 Å². The third-order valence-corrected chi connectivity index (χ3v) is 2.72. The van der Waals surface area contributed by atoms with Crippen LogP contribution in [0, 0.1) is 0 Å². The molecular weight excluding hydrogens is 185 g/mol. The third kappa shape index (κ3) is 4.46. The van der Waals surface area contributed by atoms with Crippen molar-refractivity contribution in [3.63, 3.8) is 0 Å². The highest BCUT2D eigenvalue weighted by atomic mass is 31.2. The molecule has 6 nitrogen and oxygen atoms in total. The summed E-state index contributed by atoms with van der Waals surface area (Å²) in [5, 5.41) is 8.31. The second-order valence-corrected chi connectivity index (χ2v) is 4.36. The lowest BCUT2D eigenvalue weighted by molar-refractivity contribution is -0.138. The Labute approximate surface area is 69.9 Å². The van der Waals surface area contributed by atoms with Crippen LogP contribution in [0.1, 0.15) is 6.42 Å². The first-order chi connectivity index (χ1) is 5.39. The maximum Gasteiger partial charge on any atom is 0.327 e. The highest BCUT2D eigenvalue weighted by Gasteiger charge is 2.21. The van der Waals surface area contributed by atoms with Gasteiger partial charge >= 0.3 is 13.6 Å². The molecule has 0 bridgehead atoms. The molecular formula is C5H12NO5P. The largest absolute Gasteiger partial charge is 0.480 e. The minimum atomic E-state index is -3.61. The summed E-state index contributed by atoms with van der Waals surface area (Å²) in [5.41, 5.74) is 5.09. The van der Waals surface area contributed by atoms with Crippen molar-refractivity contribution in [3.05, 3.63) is 0 Å². The van der Waals surface area contributed by atoms with Crippen LogP contribution in [0.4, 0.5) is 0 Å². The highest BCUT2D eigenvalue weighted by Crippen LogP contribution is 2.41. The molecule has 0 radical (unpaired) electrons. The van der Waals surface area contributed by atoms with Crippen molar-refractivity contribution in [1.82, 2.24) is 0 Å². The van der Waals surface area contributed by atoms with E-state index in [1.807, 2.05) is 0 Å². The lowest BCUT2D eigenvalue weighted by atomic mass is 10.2. The Bertz CT molecular complexity index is 206. The number of aliphatic carboxylic acids is 1. The molecule has 0 aliphatic rings. The topological polar surface area (TPSA) is 110 Å². The van der Waals surface area contributed by atoms with Crippen molar-refractivity contribution in [2.75, 3.05) is 13.3 Å². The van der Waals surface area contributed by atoms with Crippen LogP contribution >= 0.6 is 7.60 Å². The monoisotopic (exact) mass is 197 g/mol. The fourth-order valence-corrected chi connectivity index (χ4v) is 1.30. The molecule has 1 unspecified atom stereocenters. The molecule has 0 aromatic rings. The first-order valence-electron chi connectivity index (χ1n) is 3.25. The molecule has 0 amide bonds. The quantitative estimate of drug-likeness (QED) is 0.518. The van der Waals surface area contributed by atoms with E-state index >= 15 is 0 Å². The Morgan fingerprint density at radius 3 is 2.58 bits per heavy atom. The van der Waals surface area contributed by atoms with Gasteiger partial charge in [0, 0.05) is 7.11 Å². The van der Waals surface area contributed by atoms with E-state index in [1.165, 1.54) is 0 Å². The summed E-state index contributed by atoms with van der Waals surface area (Å²) in [7, 11) is -2.52. The molecule has 72 valence electrons. The summed E-state index contributed by atoms with van der Waals surface area (Å²) in [6.07, 6.45) is -0.312. The van der Waals surface area contributed by atoms with Gasteiger partial charge in [-0.1, -0.05) is 0 Å². The zero-order chi connectivity index (χ0) is 9.78. The van der Waals surface area contributed by atoms with Crippen molar-refractivity contribution in [2.24, 2.45) is 5.73 Å². The number of nitrogens with two attached hydrogens (primary N) is 1. The summed E-state index contributed by atoms with van der Waals surface area (Å²) in [6.45, 7) is 0. The molecule has 0 aliphatic heterocycles. The second-order valence-electron chi connectivity index (χ2n) is 2.28. The van der Waals surface area contributed by atoms with Gasteiger partial charge in [0.1, 0.15) is 6.04 Å². The fraction of sp³-hybridized carbons (Fsp3) is 0.800. The van der Waals surface area contributed by atoms with E-state index in [2.05, 4.69) is 4.52 Å². The van der Waals surface area contributed by atoms with Gasteiger partial charge in [0.05, 0.1) is 6.16 Å². The first-order valence-corrected chi connectivity index (χ1v) is 5.01. The van der Waals surface area contributed by atoms with Crippen LogP contribution in [0.5, 0.6) is 0 Å². The van der Waals surface area contributed by atoms with E-state index in [4.69, 9.17) is 15.7 Å². The molecule has 7 heteroatoms. The van der Waals surface area contributed by atoms with Gasteiger partial charge in [0.25, 0.3) is 0 Å². The lowest BCUT2D eigenvalue weighted by Crippen LogP contribution is -2.30. The van der Waals surface area contributed by atoms with E-state index in [1.54, 1.807) is 0 Å². The zero-order valence-electron chi connectivity index (χ0n) is 6.64. The fourth-order valence-electron chi connectivity index (χ4n) is 0.517. The third-order valence-electron chi connectivity index (χ3n) is 1.33. The lowest BCUT2D eigenvalue weighted by Gasteiger charge is -2.10. The molecule has 0 rings (SSSR count). The minimum Gasteiger partial charge on any atom is -0.480 e. The molecule has 0 aromatic carbocycles. The van der Waals surface area contributed by atoms with E-state index in [-0.39, 0.29) is 12.6 Å². The SMILES string of the molecule is COP(=O)(O)CC[C@H](N)C(=O)O. The van der Waals surface area contributed by atoms with Crippen molar-refractivity contribution in [1.29, 1.82) is 0 Å². The molecule has 12 heavy (non-hydrogen) atoms. The minimum absolute atomic E-state index is 0.0725. The number of hydrogen-bond acceptors (Lipinski definition) is 4. The zero-order valence-corrected chi connectivity index (χ0v) is 7.53. The van der Waals surface area contributed by atoms with Crippen LogP contribution in [-0.2, 0) is 13.9 Å². The Morgan fingerprint density at radius 1 is 1.75 bits per heavy atom. The van der Waals surface area contributed by atoms with Crippen molar-refractivity contribution >= 4 is 13.6 Å². The van der Waals surface area contributed by atoms with E-state index < -0.39 is 19.6 Å². The predicted octanol–water partition coefficient (Wildman–Crippen LogP) is -0.380. The standard InChI is InChI=1S/C5H12NO5P/c1-11-12(9,10)3-2-4(6)5(7)8/h4H,2-3,6H2,1H3,(H,7,8)(H,9,10)/t4-/m0/s1. The molecule has 0 heterocycles. The molecule has 4 N–H and O–H groups in total. The van der Waals surface area contributed by atoms with Crippen LogP contribution in [0.2, 0.25) is 0 Å². The van der Waals surface area contributed by atoms with E-state index in [0.29, 0.717) is 0 Å². The van der Waals surface area contributed by atoms with Crippen LogP contribution < -0.4 is 5.73 Å². The smallest absolute Gasteiger partial charge is 0.327 e. The maximum atomic E-state index is 10.8. The Morgan fingerprint density at radius 2 is 2.25 bits per heavy atom. The van der Waals surface area contributed by atoms with Crippen LogP contribution in [0.3, 0.4) is 0 Å². The van der Waals surface area contributed by atoms with Gasteiger partial charge in [-0.15, -0.1) is 0 Å². The number of hydrogen-bond donors (Lipinski definition) is 3. The summed E-state index contributed by atoms with van der Waals surface area (Å²) >= 11 is 0. The van der Waals surface area contributed by atoms with Crippen LogP contribution in [0.25, 0.3) is 0 Å². The van der Waals surface area contributed by atoms with Crippen LogP contribution in [0.15, 0.2) is 0 Å². The molecule has 0 saturated carbocycles. The van der Waals surface area contributed by atoms with Gasteiger partial charge in [-0.05, 0) is 6.42 Å². The van der Waals surface area contributed by atoms with Crippen LogP contribution in [-0.4, -0.2) is 35.3 Å². The van der Waals surface area contributed by atoms with Gasteiger partial charge < -0.3 is 20.3 Å². The Kier molecular flexibility index (Phi) is 4.41. The second kappa shape index (κ2) is 4.57. The van der Waals surface area contributed by atoms with Crippen molar-refractivity contribution < 1.29 is 23.9 Å². The Balaban J connectivity index is 3.83. The van der Waals surface area contributed by atoms with Gasteiger partial charge in [-0.25, -0.2) is 0 Å². The molecule has 0 saturated heterocycles. The average Bonchev–Trinajstić information content (AvgIpc) is 2.00. The molecule has 0 spiro atoms. The van der Waals surface area contributed by atoms with Crippen molar-refractivity contribution in [2.45, 2.75) is 12.5 Å². The summed E-state index contributed by atoms with van der Waals surface area (Å²) in [6, 6.07) is -1.11. The normalized spacial score (nSPS) is 18.2. The van der Waals surface area contributed by atoms with Gasteiger partial charge in [-0.3, -0.25) is 9.36 Å². The number of carboxylic acid groups (broad SMARTS) is 1.